The molecule has 0 unspecified atom stereocenters. The third kappa shape index (κ3) is 5.47. The van der Waals surface area contributed by atoms with Crippen molar-refractivity contribution in [2.24, 2.45) is 0 Å². The number of hydrogen-bond donors (Lipinski definition) is 2. The van der Waals surface area contributed by atoms with Crippen molar-refractivity contribution >= 4 is 12.0 Å². The molecular weight excluding hydrogens is 264 g/mol. The number of para-hydroxylation sites is 2. The van der Waals surface area contributed by atoms with Crippen molar-refractivity contribution in [2.75, 3.05) is 27.0 Å². The monoisotopic (exact) mass is 282 g/mol. The lowest BCUT2D eigenvalue weighted by Gasteiger charge is -2.12. The minimum Gasteiger partial charge on any atom is -0.490 e. The molecule has 0 radical (unpaired) electrons. The van der Waals surface area contributed by atoms with E-state index in [1.165, 1.54) is 7.11 Å². The number of benzene rings is 1. The summed E-state index contributed by atoms with van der Waals surface area (Å²) in [4.78, 5) is 22.1. The molecule has 0 aliphatic rings. The Bertz CT molecular complexity index is 450. The topological polar surface area (TPSA) is 85.9 Å². The summed E-state index contributed by atoms with van der Waals surface area (Å²) >= 11 is 0. The number of hydrogen-bond acceptors (Lipinski definition) is 5. The van der Waals surface area contributed by atoms with Gasteiger partial charge in [-0.2, -0.15) is 0 Å². The average molecular weight is 282 g/mol. The first kappa shape index (κ1) is 15.6. The van der Waals surface area contributed by atoms with Crippen LogP contribution in [0.2, 0.25) is 0 Å². The molecule has 0 saturated carbocycles. The molecule has 0 heterocycles. The van der Waals surface area contributed by atoms with Gasteiger partial charge in [0.2, 0.25) is 0 Å². The highest BCUT2D eigenvalue weighted by atomic mass is 16.5. The van der Waals surface area contributed by atoms with Crippen LogP contribution in [0.1, 0.15) is 6.92 Å². The maximum absolute atomic E-state index is 11.3. The smallest absolute Gasteiger partial charge is 0.325 e. The molecule has 0 spiro atoms. The van der Waals surface area contributed by atoms with Crippen molar-refractivity contribution in [3.05, 3.63) is 24.3 Å². The Morgan fingerprint density at radius 1 is 1.10 bits per heavy atom. The molecule has 0 fully saturated rings. The molecule has 0 aliphatic carbocycles. The molecule has 20 heavy (non-hydrogen) atoms. The fraction of sp³-hybridized carbons (Fsp3) is 0.385. The standard InChI is InChI=1S/C13H18N2O5/c1-3-19-10-6-4-5-7-11(10)20-9-15-13(17)14-8-12(16)18-2/h4-7H,3,8-9H2,1-2H3,(H2,14,15,17). The van der Waals surface area contributed by atoms with E-state index in [9.17, 15) is 9.59 Å². The average Bonchev–Trinajstić information content (AvgIpc) is 2.46. The first-order valence-corrected chi connectivity index (χ1v) is 6.10. The Balaban J connectivity index is 2.33. The summed E-state index contributed by atoms with van der Waals surface area (Å²) < 4.78 is 15.1. The lowest BCUT2D eigenvalue weighted by atomic mass is 10.3. The van der Waals surface area contributed by atoms with Gasteiger partial charge in [-0.3, -0.25) is 4.79 Å². The van der Waals surface area contributed by atoms with Crippen LogP contribution in [0.4, 0.5) is 4.79 Å². The molecule has 0 atom stereocenters. The van der Waals surface area contributed by atoms with E-state index in [2.05, 4.69) is 15.4 Å². The lowest BCUT2D eigenvalue weighted by Crippen LogP contribution is -2.40. The molecule has 0 aliphatic heterocycles. The quantitative estimate of drug-likeness (QED) is 0.573. The first-order valence-electron chi connectivity index (χ1n) is 6.10. The van der Waals surface area contributed by atoms with E-state index in [0.29, 0.717) is 18.1 Å². The van der Waals surface area contributed by atoms with Crippen LogP contribution in [0, 0.1) is 0 Å². The predicted molar refractivity (Wildman–Crippen MR) is 71.7 cm³/mol. The first-order chi connectivity index (χ1) is 9.67. The van der Waals surface area contributed by atoms with Gasteiger partial charge in [0, 0.05) is 0 Å². The van der Waals surface area contributed by atoms with E-state index in [4.69, 9.17) is 9.47 Å². The summed E-state index contributed by atoms with van der Waals surface area (Å²) in [6.07, 6.45) is 0. The molecule has 7 heteroatoms. The minimum absolute atomic E-state index is 0.0446. The van der Waals surface area contributed by atoms with E-state index in [1.807, 2.05) is 13.0 Å². The van der Waals surface area contributed by atoms with Gasteiger partial charge in [-0.15, -0.1) is 0 Å². The highest BCUT2D eigenvalue weighted by Gasteiger charge is 2.06. The second kappa shape index (κ2) is 8.63. The third-order valence-corrected chi connectivity index (χ3v) is 2.23. The molecule has 2 amide bonds. The maximum Gasteiger partial charge on any atom is 0.325 e. The number of ether oxygens (including phenoxy) is 3. The van der Waals surface area contributed by atoms with E-state index in [0.717, 1.165) is 0 Å². The van der Waals surface area contributed by atoms with Crippen molar-refractivity contribution in [3.8, 4) is 11.5 Å². The van der Waals surface area contributed by atoms with E-state index in [-0.39, 0.29) is 13.3 Å². The zero-order valence-corrected chi connectivity index (χ0v) is 11.5. The molecule has 2 N–H and O–H groups in total. The highest BCUT2D eigenvalue weighted by Crippen LogP contribution is 2.25. The number of urea groups is 1. The van der Waals surface area contributed by atoms with Crippen LogP contribution >= 0.6 is 0 Å². The number of rotatable bonds is 7. The summed E-state index contributed by atoms with van der Waals surface area (Å²) in [5, 5.41) is 4.77. The molecule has 0 aromatic heterocycles. The summed E-state index contributed by atoms with van der Waals surface area (Å²) in [7, 11) is 1.25. The maximum atomic E-state index is 11.3. The Morgan fingerprint density at radius 2 is 1.75 bits per heavy atom. The van der Waals surface area contributed by atoms with Gasteiger partial charge in [-0.1, -0.05) is 12.1 Å². The van der Waals surface area contributed by atoms with Gasteiger partial charge >= 0.3 is 12.0 Å². The van der Waals surface area contributed by atoms with Crippen molar-refractivity contribution < 1.29 is 23.8 Å². The van der Waals surface area contributed by atoms with Gasteiger partial charge in [-0.25, -0.2) is 4.79 Å². The van der Waals surface area contributed by atoms with Crippen molar-refractivity contribution in [1.82, 2.24) is 10.6 Å². The molecule has 1 rings (SSSR count). The van der Waals surface area contributed by atoms with Crippen LogP contribution in [0.15, 0.2) is 24.3 Å². The normalized spacial score (nSPS) is 9.50. The third-order valence-electron chi connectivity index (χ3n) is 2.23. The Hall–Kier alpha value is -2.44. The van der Waals surface area contributed by atoms with Crippen LogP contribution in [0.25, 0.3) is 0 Å². The van der Waals surface area contributed by atoms with E-state index >= 15 is 0 Å². The van der Waals surface area contributed by atoms with Gasteiger partial charge in [0.1, 0.15) is 6.54 Å². The summed E-state index contributed by atoms with van der Waals surface area (Å²) in [6, 6.07) is 6.61. The predicted octanol–water partition coefficient (Wildman–Crippen LogP) is 0.894. The summed E-state index contributed by atoms with van der Waals surface area (Å²) in [5.74, 6) is 0.608. The molecule has 110 valence electrons. The molecule has 0 saturated heterocycles. The van der Waals surface area contributed by atoms with Crippen molar-refractivity contribution in [2.45, 2.75) is 6.92 Å². The SMILES string of the molecule is CCOc1ccccc1OCNC(=O)NCC(=O)OC. The summed E-state index contributed by atoms with van der Waals surface area (Å²) in [5.41, 5.74) is 0. The van der Waals surface area contributed by atoms with Crippen LogP contribution < -0.4 is 20.1 Å². The van der Waals surface area contributed by atoms with Crippen molar-refractivity contribution in [1.29, 1.82) is 0 Å². The summed E-state index contributed by atoms with van der Waals surface area (Å²) in [6.45, 7) is 2.15. The van der Waals surface area contributed by atoms with Crippen LogP contribution in [-0.4, -0.2) is 39.0 Å². The van der Waals surface area contributed by atoms with Crippen LogP contribution in [0.3, 0.4) is 0 Å². The molecular formula is C13H18N2O5. The Labute approximate surface area is 117 Å². The molecule has 0 bridgehead atoms. The van der Waals surface area contributed by atoms with E-state index < -0.39 is 12.0 Å². The molecule has 7 nitrogen and oxygen atoms in total. The fourth-order valence-electron chi connectivity index (χ4n) is 1.31. The van der Waals surface area contributed by atoms with Crippen LogP contribution in [-0.2, 0) is 9.53 Å². The van der Waals surface area contributed by atoms with Crippen molar-refractivity contribution in [3.63, 3.8) is 0 Å². The van der Waals surface area contributed by atoms with E-state index in [1.54, 1.807) is 18.2 Å². The Morgan fingerprint density at radius 3 is 2.35 bits per heavy atom. The number of nitrogens with one attached hydrogen (secondary N) is 2. The number of methoxy groups -OCH3 is 1. The number of esters is 1. The lowest BCUT2D eigenvalue weighted by molar-refractivity contribution is -0.139. The highest BCUT2D eigenvalue weighted by molar-refractivity contribution is 5.80. The van der Waals surface area contributed by atoms with Crippen LogP contribution in [0.5, 0.6) is 11.5 Å². The number of carbonyl (C=O) groups is 2. The number of carbonyl (C=O) groups excluding carboxylic acids is 2. The minimum atomic E-state index is -0.525. The molecule has 1 aromatic rings. The van der Waals surface area contributed by atoms with Gasteiger partial charge in [0.15, 0.2) is 18.2 Å². The van der Waals surface area contributed by atoms with Gasteiger partial charge in [0.05, 0.1) is 13.7 Å². The number of amides is 2. The molecule has 1 aromatic carbocycles. The largest absolute Gasteiger partial charge is 0.490 e. The zero-order chi connectivity index (χ0) is 14.8. The van der Waals surface area contributed by atoms with Gasteiger partial charge < -0.3 is 24.8 Å². The fourth-order valence-corrected chi connectivity index (χ4v) is 1.31. The van der Waals surface area contributed by atoms with Gasteiger partial charge in [-0.05, 0) is 19.1 Å². The second-order valence-electron chi connectivity index (χ2n) is 3.60. The zero-order valence-electron chi connectivity index (χ0n) is 11.5. The van der Waals surface area contributed by atoms with Gasteiger partial charge in [0.25, 0.3) is 0 Å². The Kier molecular flexibility index (Phi) is 6.74. The second-order valence-corrected chi connectivity index (χ2v) is 3.60.